The quantitative estimate of drug-likeness (QED) is 0.477. The summed E-state index contributed by atoms with van der Waals surface area (Å²) >= 11 is 1.93. The van der Waals surface area contributed by atoms with Crippen molar-refractivity contribution < 1.29 is 4.74 Å². The highest BCUT2D eigenvalue weighted by molar-refractivity contribution is 7.99. The third-order valence-corrected chi connectivity index (χ3v) is 3.46. The van der Waals surface area contributed by atoms with E-state index < -0.39 is 0 Å². The summed E-state index contributed by atoms with van der Waals surface area (Å²) in [4.78, 5) is 1.32. The van der Waals surface area contributed by atoms with E-state index in [9.17, 15) is 0 Å². The lowest BCUT2D eigenvalue weighted by Gasteiger charge is -2.05. The molecule has 0 aliphatic rings. The maximum absolute atomic E-state index is 5.48. The first kappa shape index (κ1) is 13.4. The van der Waals surface area contributed by atoms with E-state index in [4.69, 9.17) is 4.74 Å². The lowest BCUT2D eigenvalue weighted by molar-refractivity contribution is 0.339. The number of rotatable bonds is 8. The van der Waals surface area contributed by atoms with Crippen LogP contribution in [0.15, 0.2) is 29.2 Å². The van der Waals surface area contributed by atoms with Crippen LogP contribution in [-0.2, 0) is 0 Å². The molecule has 0 radical (unpaired) electrons. The van der Waals surface area contributed by atoms with E-state index in [0.29, 0.717) is 0 Å². The fourth-order valence-electron chi connectivity index (χ4n) is 1.54. The normalized spacial score (nSPS) is 10.4. The standard InChI is InChI=1S/C14H22OS/c1-3-5-6-7-11-16-14-10-8-9-13(12-14)15-4-2/h8-10,12H,3-7,11H2,1-2H3. The van der Waals surface area contributed by atoms with Gasteiger partial charge in [0, 0.05) is 4.90 Å². The largest absolute Gasteiger partial charge is 0.494 e. The van der Waals surface area contributed by atoms with Crippen LogP contribution in [0.1, 0.15) is 39.5 Å². The van der Waals surface area contributed by atoms with Gasteiger partial charge in [-0.1, -0.05) is 32.3 Å². The molecule has 0 saturated heterocycles. The van der Waals surface area contributed by atoms with Crippen LogP contribution in [0.5, 0.6) is 5.75 Å². The summed E-state index contributed by atoms with van der Waals surface area (Å²) in [6, 6.07) is 8.38. The van der Waals surface area contributed by atoms with Gasteiger partial charge in [0.05, 0.1) is 6.61 Å². The lowest BCUT2D eigenvalue weighted by Crippen LogP contribution is -1.91. The molecule has 0 amide bonds. The molecule has 1 aromatic rings. The highest BCUT2D eigenvalue weighted by Crippen LogP contribution is 2.24. The molecule has 0 aliphatic carbocycles. The van der Waals surface area contributed by atoms with Crippen molar-refractivity contribution >= 4 is 11.8 Å². The summed E-state index contributed by atoms with van der Waals surface area (Å²) in [5.74, 6) is 2.20. The van der Waals surface area contributed by atoms with Gasteiger partial charge < -0.3 is 4.74 Å². The predicted molar refractivity (Wildman–Crippen MR) is 72.5 cm³/mol. The summed E-state index contributed by atoms with van der Waals surface area (Å²) < 4.78 is 5.48. The summed E-state index contributed by atoms with van der Waals surface area (Å²) in [5.41, 5.74) is 0. The van der Waals surface area contributed by atoms with Gasteiger partial charge in [0.2, 0.25) is 0 Å². The highest BCUT2D eigenvalue weighted by Gasteiger charge is 1.97. The van der Waals surface area contributed by atoms with E-state index in [1.807, 2.05) is 24.8 Å². The summed E-state index contributed by atoms with van der Waals surface area (Å²) in [6.07, 6.45) is 5.34. The molecule has 2 heteroatoms. The maximum atomic E-state index is 5.48. The van der Waals surface area contributed by atoms with E-state index in [1.54, 1.807) is 0 Å². The van der Waals surface area contributed by atoms with Gasteiger partial charge in [-0.15, -0.1) is 11.8 Å². The molecule has 0 spiro atoms. The monoisotopic (exact) mass is 238 g/mol. The van der Waals surface area contributed by atoms with Gasteiger partial charge in [-0.05, 0) is 37.3 Å². The molecule has 1 aromatic carbocycles. The molecule has 0 unspecified atom stereocenters. The second-order valence-electron chi connectivity index (χ2n) is 3.82. The predicted octanol–water partition coefficient (Wildman–Crippen LogP) is 4.76. The van der Waals surface area contributed by atoms with Gasteiger partial charge in [-0.25, -0.2) is 0 Å². The Kier molecular flexibility index (Phi) is 7.15. The molecular weight excluding hydrogens is 216 g/mol. The molecular formula is C14H22OS. The molecule has 1 rings (SSSR count). The van der Waals surface area contributed by atoms with E-state index in [0.717, 1.165) is 12.4 Å². The molecule has 0 atom stereocenters. The van der Waals surface area contributed by atoms with Crippen molar-refractivity contribution in [2.75, 3.05) is 12.4 Å². The SMILES string of the molecule is CCCCCCSc1cccc(OCC)c1. The lowest BCUT2D eigenvalue weighted by atomic mass is 10.2. The molecule has 0 N–H and O–H groups in total. The number of benzene rings is 1. The van der Waals surface area contributed by atoms with E-state index in [2.05, 4.69) is 25.1 Å². The number of hydrogen-bond donors (Lipinski definition) is 0. The van der Waals surface area contributed by atoms with E-state index >= 15 is 0 Å². The molecule has 0 saturated carbocycles. The third-order valence-electron chi connectivity index (χ3n) is 2.38. The Balaban J connectivity index is 2.27. The second kappa shape index (κ2) is 8.51. The average Bonchev–Trinajstić information content (AvgIpc) is 2.30. The number of ether oxygens (including phenoxy) is 1. The fourth-order valence-corrected chi connectivity index (χ4v) is 2.50. The molecule has 16 heavy (non-hydrogen) atoms. The summed E-state index contributed by atoms with van der Waals surface area (Å²) in [5, 5.41) is 0. The van der Waals surface area contributed by atoms with Crippen LogP contribution in [0.2, 0.25) is 0 Å². The zero-order chi connectivity index (χ0) is 11.6. The first-order chi connectivity index (χ1) is 7.86. The first-order valence-electron chi connectivity index (χ1n) is 6.22. The van der Waals surface area contributed by atoms with E-state index in [-0.39, 0.29) is 0 Å². The molecule has 1 nitrogen and oxygen atoms in total. The molecule has 0 aromatic heterocycles. The Labute approximate surface area is 104 Å². The average molecular weight is 238 g/mol. The minimum Gasteiger partial charge on any atom is -0.494 e. The van der Waals surface area contributed by atoms with Crippen molar-refractivity contribution in [3.8, 4) is 5.75 Å². The van der Waals surface area contributed by atoms with Crippen molar-refractivity contribution in [2.45, 2.75) is 44.4 Å². The Morgan fingerprint density at radius 2 is 2.00 bits per heavy atom. The molecule has 0 heterocycles. The van der Waals surface area contributed by atoms with Crippen molar-refractivity contribution in [1.82, 2.24) is 0 Å². The topological polar surface area (TPSA) is 9.23 Å². The maximum Gasteiger partial charge on any atom is 0.120 e. The minimum absolute atomic E-state index is 0.741. The second-order valence-corrected chi connectivity index (χ2v) is 4.99. The van der Waals surface area contributed by atoms with Gasteiger partial charge in [-0.3, -0.25) is 0 Å². The van der Waals surface area contributed by atoms with Crippen LogP contribution in [0.25, 0.3) is 0 Å². The molecule has 0 aliphatic heterocycles. The Morgan fingerprint density at radius 3 is 2.75 bits per heavy atom. The minimum atomic E-state index is 0.741. The highest BCUT2D eigenvalue weighted by atomic mass is 32.2. The van der Waals surface area contributed by atoms with Gasteiger partial charge in [0.15, 0.2) is 0 Å². The van der Waals surface area contributed by atoms with Gasteiger partial charge in [0.25, 0.3) is 0 Å². The van der Waals surface area contributed by atoms with Gasteiger partial charge >= 0.3 is 0 Å². The Hall–Kier alpha value is -0.630. The van der Waals surface area contributed by atoms with Crippen molar-refractivity contribution in [3.63, 3.8) is 0 Å². The smallest absolute Gasteiger partial charge is 0.120 e. The van der Waals surface area contributed by atoms with Crippen LogP contribution in [0.3, 0.4) is 0 Å². The fraction of sp³-hybridized carbons (Fsp3) is 0.571. The first-order valence-corrected chi connectivity index (χ1v) is 7.21. The Bertz CT molecular complexity index is 286. The van der Waals surface area contributed by atoms with Gasteiger partial charge in [-0.2, -0.15) is 0 Å². The van der Waals surface area contributed by atoms with Gasteiger partial charge in [0.1, 0.15) is 5.75 Å². The van der Waals surface area contributed by atoms with E-state index in [1.165, 1.54) is 36.3 Å². The van der Waals surface area contributed by atoms with Crippen LogP contribution in [0, 0.1) is 0 Å². The Morgan fingerprint density at radius 1 is 1.12 bits per heavy atom. The third kappa shape index (κ3) is 5.45. The number of thioether (sulfide) groups is 1. The molecule has 0 fully saturated rings. The van der Waals surface area contributed by atoms with Crippen molar-refractivity contribution in [1.29, 1.82) is 0 Å². The molecule has 0 bridgehead atoms. The molecule has 90 valence electrons. The van der Waals surface area contributed by atoms with Crippen LogP contribution >= 0.6 is 11.8 Å². The van der Waals surface area contributed by atoms with Crippen LogP contribution in [-0.4, -0.2) is 12.4 Å². The van der Waals surface area contributed by atoms with Crippen LogP contribution < -0.4 is 4.74 Å². The zero-order valence-corrected chi connectivity index (χ0v) is 11.2. The number of unbranched alkanes of at least 4 members (excludes halogenated alkanes) is 3. The zero-order valence-electron chi connectivity index (χ0n) is 10.4. The number of hydrogen-bond acceptors (Lipinski definition) is 2. The summed E-state index contributed by atoms with van der Waals surface area (Å²) in [6.45, 7) is 5.01. The van der Waals surface area contributed by atoms with Crippen molar-refractivity contribution in [2.24, 2.45) is 0 Å². The summed E-state index contributed by atoms with van der Waals surface area (Å²) in [7, 11) is 0. The van der Waals surface area contributed by atoms with Crippen LogP contribution in [0.4, 0.5) is 0 Å². The van der Waals surface area contributed by atoms with Crippen molar-refractivity contribution in [3.05, 3.63) is 24.3 Å².